The summed E-state index contributed by atoms with van der Waals surface area (Å²) in [4.78, 5) is 12.9. The van der Waals surface area contributed by atoms with E-state index in [0.717, 1.165) is 19.5 Å². The average Bonchev–Trinajstić information content (AvgIpc) is 2.52. The summed E-state index contributed by atoms with van der Waals surface area (Å²) in [6.07, 6.45) is 2.88. The van der Waals surface area contributed by atoms with E-state index in [1.54, 1.807) is 0 Å². The fourth-order valence-electron chi connectivity index (χ4n) is 1.62. The van der Waals surface area contributed by atoms with Crippen molar-refractivity contribution in [2.45, 2.75) is 20.3 Å². The van der Waals surface area contributed by atoms with Crippen molar-refractivity contribution in [1.29, 1.82) is 0 Å². The molecule has 0 aromatic rings. The zero-order valence-electron chi connectivity index (χ0n) is 8.29. The molecule has 1 aliphatic rings. The van der Waals surface area contributed by atoms with E-state index in [2.05, 4.69) is 17.9 Å². The van der Waals surface area contributed by atoms with Crippen LogP contribution >= 0.6 is 0 Å². The third-order valence-corrected chi connectivity index (χ3v) is 2.59. The van der Waals surface area contributed by atoms with Gasteiger partial charge < -0.3 is 5.11 Å². The standard InChI is InChI=1S/C10H17NO2/c1-3-8(2)6-11-5-4-9(7-11)10(12)13/h3,9H,4-7H2,1-2H3,(H,12,13)/b8-3+. The Hall–Kier alpha value is -0.830. The highest BCUT2D eigenvalue weighted by molar-refractivity contribution is 5.70. The first-order valence-corrected chi connectivity index (χ1v) is 4.70. The predicted octanol–water partition coefficient (Wildman–Crippen LogP) is 1.36. The molecule has 3 heteroatoms. The van der Waals surface area contributed by atoms with Crippen LogP contribution in [0.15, 0.2) is 11.6 Å². The zero-order valence-corrected chi connectivity index (χ0v) is 8.29. The molecule has 1 N–H and O–H groups in total. The van der Waals surface area contributed by atoms with Crippen molar-refractivity contribution >= 4 is 5.97 Å². The summed E-state index contributed by atoms with van der Waals surface area (Å²) in [5, 5.41) is 8.78. The molecule has 0 bridgehead atoms. The van der Waals surface area contributed by atoms with Crippen LogP contribution in [0.3, 0.4) is 0 Å². The number of carboxylic acids is 1. The Balaban J connectivity index is 2.37. The normalized spacial score (nSPS) is 25.1. The first kappa shape index (κ1) is 10.3. The molecule has 1 fully saturated rings. The molecule has 1 aliphatic heterocycles. The SMILES string of the molecule is C/C=C(\C)CN1CCC(C(=O)O)C1. The molecule has 1 rings (SSSR count). The maximum atomic E-state index is 10.7. The molecule has 74 valence electrons. The Labute approximate surface area is 79.0 Å². The molecule has 0 saturated carbocycles. The molecule has 0 spiro atoms. The minimum Gasteiger partial charge on any atom is -0.481 e. The molecule has 1 saturated heterocycles. The van der Waals surface area contributed by atoms with Crippen LogP contribution in [0.5, 0.6) is 0 Å². The molecule has 0 aliphatic carbocycles. The van der Waals surface area contributed by atoms with E-state index in [0.29, 0.717) is 6.54 Å². The van der Waals surface area contributed by atoms with E-state index < -0.39 is 5.97 Å². The Morgan fingerprint density at radius 3 is 2.85 bits per heavy atom. The number of carboxylic acid groups (broad SMARTS) is 1. The summed E-state index contributed by atoms with van der Waals surface area (Å²) in [5.41, 5.74) is 1.31. The Kier molecular flexibility index (Phi) is 3.48. The van der Waals surface area contributed by atoms with Gasteiger partial charge in [0.05, 0.1) is 5.92 Å². The van der Waals surface area contributed by atoms with Crippen molar-refractivity contribution in [3.63, 3.8) is 0 Å². The molecule has 0 radical (unpaired) electrons. The fraction of sp³-hybridized carbons (Fsp3) is 0.700. The number of hydrogen-bond acceptors (Lipinski definition) is 2. The zero-order chi connectivity index (χ0) is 9.84. The van der Waals surface area contributed by atoms with Gasteiger partial charge in [0.2, 0.25) is 0 Å². The molecule has 1 heterocycles. The van der Waals surface area contributed by atoms with Crippen molar-refractivity contribution in [3.05, 3.63) is 11.6 Å². The second-order valence-corrected chi connectivity index (χ2v) is 3.69. The largest absolute Gasteiger partial charge is 0.481 e. The molecule has 0 aromatic carbocycles. The van der Waals surface area contributed by atoms with Crippen LogP contribution in [0.4, 0.5) is 0 Å². The van der Waals surface area contributed by atoms with Crippen LogP contribution in [0.1, 0.15) is 20.3 Å². The van der Waals surface area contributed by atoms with Crippen molar-refractivity contribution in [1.82, 2.24) is 4.90 Å². The van der Waals surface area contributed by atoms with E-state index in [9.17, 15) is 4.79 Å². The van der Waals surface area contributed by atoms with Crippen LogP contribution in [0.2, 0.25) is 0 Å². The second-order valence-electron chi connectivity index (χ2n) is 3.69. The average molecular weight is 183 g/mol. The van der Waals surface area contributed by atoms with Gasteiger partial charge in [0.25, 0.3) is 0 Å². The molecule has 3 nitrogen and oxygen atoms in total. The van der Waals surface area contributed by atoms with Crippen molar-refractivity contribution in [3.8, 4) is 0 Å². The second kappa shape index (κ2) is 4.42. The highest BCUT2D eigenvalue weighted by Crippen LogP contribution is 2.17. The van der Waals surface area contributed by atoms with Crippen LogP contribution in [-0.4, -0.2) is 35.6 Å². The van der Waals surface area contributed by atoms with Crippen LogP contribution in [0.25, 0.3) is 0 Å². The van der Waals surface area contributed by atoms with E-state index in [-0.39, 0.29) is 5.92 Å². The lowest BCUT2D eigenvalue weighted by atomic mass is 10.1. The van der Waals surface area contributed by atoms with E-state index in [1.807, 2.05) is 6.92 Å². The summed E-state index contributed by atoms with van der Waals surface area (Å²) in [5.74, 6) is -0.801. The first-order chi connectivity index (χ1) is 6.13. The Morgan fingerprint density at radius 2 is 2.38 bits per heavy atom. The van der Waals surface area contributed by atoms with Gasteiger partial charge in [-0.2, -0.15) is 0 Å². The van der Waals surface area contributed by atoms with E-state index in [1.165, 1.54) is 5.57 Å². The Morgan fingerprint density at radius 1 is 1.69 bits per heavy atom. The van der Waals surface area contributed by atoms with Gasteiger partial charge >= 0.3 is 5.97 Å². The lowest BCUT2D eigenvalue weighted by Crippen LogP contribution is -2.24. The highest BCUT2D eigenvalue weighted by Gasteiger charge is 2.27. The number of likely N-dealkylation sites (tertiary alicyclic amines) is 1. The van der Waals surface area contributed by atoms with Crippen molar-refractivity contribution in [2.75, 3.05) is 19.6 Å². The summed E-state index contributed by atoms with van der Waals surface area (Å²) < 4.78 is 0. The Bertz CT molecular complexity index is 223. The summed E-state index contributed by atoms with van der Waals surface area (Å²) in [6, 6.07) is 0. The van der Waals surface area contributed by atoms with Crippen LogP contribution in [-0.2, 0) is 4.79 Å². The molecule has 1 unspecified atom stereocenters. The minimum absolute atomic E-state index is 0.148. The lowest BCUT2D eigenvalue weighted by molar-refractivity contribution is -0.141. The first-order valence-electron chi connectivity index (χ1n) is 4.70. The molecule has 0 amide bonds. The van der Waals surface area contributed by atoms with E-state index in [4.69, 9.17) is 5.11 Å². The van der Waals surface area contributed by atoms with Crippen molar-refractivity contribution < 1.29 is 9.90 Å². The van der Waals surface area contributed by atoms with Gasteiger partial charge in [-0.1, -0.05) is 11.6 Å². The van der Waals surface area contributed by atoms with Crippen LogP contribution in [0, 0.1) is 5.92 Å². The lowest BCUT2D eigenvalue weighted by Gasteiger charge is -2.14. The number of nitrogens with zero attached hydrogens (tertiary/aromatic N) is 1. The minimum atomic E-state index is -0.652. The third-order valence-electron chi connectivity index (χ3n) is 2.59. The van der Waals surface area contributed by atoms with Gasteiger partial charge in [0.1, 0.15) is 0 Å². The third kappa shape index (κ3) is 2.84. The van der Waals surface area contributed by atoms with Gasteiger partial charge in [0, 0.05) is 13.1 Å². The number of aliphatic carboxylic acids is 1. The molecule has 1 atom stereocenters. The number of hydrogen-bond donors (Lipinski definition) is 1. The predicted molar refractivity (Wildman–Crippen MR) is 51.6 cm³/mol. The van der Waals surface area contributed by atoms with Gasteiger partial charge in [-0.05, 0) is 26.8 Å². The quantitative estimate of drug-likeness (QED) is 0.672. The topological polar surface area (TPSA) is 40.5 Å². The molecule has 13 heavy (non-hydrogen) atoms. The monoisotopic (exact) mass is 183 g/mol. The number of allylic oxidation sites excluding steroid dienone is 1. The number of carbonyl (C=O) groups is 1. The van der Waals surface area contributed by atoms with Gasteiger partial charge in [-0.3, -0.25) is 9.69 Å². The maximum Gasteiger partial charge on any atom is 0.307 e. The van der Waals surface area contributed by atoms with Gasteiger partial charge in [0.15, 0.2) is 0 Å². The molecular weight excluding hydrogens is 166 g/mol. The molecular formula is C10H17NO2. The van der Waals surface area contributed by atoms with Gasteiger partial charge in [-0.25, -0.2) is 0 Å². The van der Waals surface area contributed by atoms with Crippen LogP contribution < -0.4 is 0 Å². The summed E-state index contributed by atoms with van der Waals surface area (Å²) in [6.45, 7) is 6.64. The maximum absolute atomic E-state index is 10.7. The molecule has 0 aromatic heterocycles. The highest BCUT2D eigenvalue weighted by atomic mass is 16.4. The summed E-state index contributed by atoms with van der Waals surface area (Å²) in [7, 11) is 0. The van der Waals surface area contributed by atoms with Gasteiger partial charge in [-0.15, -0.1) is 0 Å². The fourth-order valence-corrected chi connectivity index (χ4v) is 1.62. The number of rotatable bonds is 3. The van der Waals surface area contributed by atoms with Crippen molar-refractivity contribution in [2.24, 2.45) is 5.92 Å². The smallest absolute Gasteiger partial charge is 0.307 e. The van der Waals surface area contributed by atoms with E-state index >= 15 is 0 Å². The summed E-state index contributed by atoms with van der Waals surface area (Å²) >= 11 is 0.